The molecular formula is C23H17B2N5. The van der Waals surface area contributed by atoms with Crippen molar-refractivity contribution >= 4 is 69.2 Å². The molecular weight excluding hydrogens is 368 g/mol. The molecule has 0 amide bonds. The Hall–Kier alpha value is -3.60. The molecule has 30 heavy (non-hydrogen) atoms. The lowest BCUT2D eigenvalue weighted by molar-refractivity contribution is 1.34. The summed E-state index contributed by atoms with van der Waals surface area (Å²) in [4.78, 5) is 21.3. The quantitative estimate of drug-likeness (QED) is 0.362. The van der Waals surface area contributed by atoms with E-state index in [0.717, 1.165) is 55.1 Å². The molecule has 7 heteroatoms. The van der Waals surface area contributed by atoms with Crippen LogP contribution in [0.1, 0.15) is 0 Å². The van der Waals surface area contributed by atoms with Crippen LogP contribution in [0.3, 0.4) is 0 Å². The molecule has 0 aliphatic heterocycles. The van der Waals surface area contributed by atoms with Crippen molar-refractivity contribution in [2.75, 3.05) is 0 Å². The van der Waals surface area contributed by atoms with Crippen LogP contribution in [0.2, 0.25) is 13.6 Å². The minimum atomic E-state index is 0.841. The van der Waals surface area contributed by atoms with Crippen molar-refractivity contribution in [2.24, 2.45) is 0 Å². The molecule has 6 aromatic rings. The van der Waals surface area contributed by atoms with Gasteiger partial charge in [-0.15, -0.1) is 0 Å². The number of benzene rings is 2. The van der Waals surface area contributed by atoms with Crippen LogP contribution >= 0.6 is 0 Å². The van der Waals surface area contributed by atoms with E-state index in [4.69, 9.17) is 4.98 Å². The maximum Gasteiger partial charge on any atom is 0.151 e. The molecule has 4 aromatic heterocycles. The zero-order valence-electron chi connectivity index (χ0n) is 16.7. The van der Waals surface area contributed by atoms with Crippen LogP contribution in [-0.4, -0.2) is 39.5 Å². The van der Waals surface area contributed by atoms with Gasteiger partial charge in [0.2, 0.25) is 0 Å². The third-order valence-electron chi connectivity index (χ3n) is 5.81. The second-order valence-electron chi connectivity index (χ2n) is 7.42. The molecule has 0 atom stereocenters. The fourth-order valence-corrected chi connectivity index (χ4v) is 4.35. The summed E-state index contributed by atoms with van der Waals surface area (Å²) in [5.41, 5.74) is 8.23. The van der Waals surface area contributed by atoms with Crippen LogP contribution in [0.4, 0.5) is 0 Å². The van der Waals surface area contributed by atoms with Gasteiger partial charge in [0.05, 0.1) is 22.1 Å². The van der Waals surface area contributed by atoms with Crippen LogP contribution < -0.4 is 10.9 Å². The maximum atomic E-state index is 5.03. The monoisotopic (exact) mass is 385 g/mol. The summed E-state index contributed by atoms with van der Waals surface area (Å²) in [5, 5.41) is 3.19. The Bertz CT molecular complexity index is 1510. The summed E-state index contributed by atoms with van der Waals surface area (Å²) >= 11 is 0. The fourth-order valence-electron chi connectivity index (χ4n) is 4.35. The number of rotatable bonds is 3. The SMILES string of the molecule is C[B]c1cc([B]C)c2[nH]cc(-c3nc4c5cccnc5c5ncccc5c4[nH]3)c2c1. The number of hydrogen-bond acceptors (Lipinski definition) is 3. The van der Waals surface area contributed by atoms with Gasteiger partial charge < -0.3 is 9.97 Å². The molecule has 140 valence electrons. The van der Waals surface area contributed by atoms with E-state index in [0.29, 0.717) is 0 Å². The van der Waals surface area contributed by atoms with E-state index in [1.807, 2.05) is 24.5 Å². The number of hydrogen-bond donors (Lipinski definition) is 2. The van der Waals surface area contributed by atoms with Gasteiger partial charge in [-0.05, 0) is 24.3 Å². The lowest BCUT2D eigenvalue weighted by Gasteiger charge is -2.04. The van der Waals surface area contributed by atoms with Gasteiger partial charge in [0.1, 0.15) is 13.1 Å². The molecule has 2 aromatic carbocycles. The Morgan fingerprint density at radius 1 is 0.800 bits per heavy atom. The highest BCUT2D eigenvalue weighted by Gasteiger charge is 2.17. The number of fused-ring (bicyclic) bond motifs is 7. The Kier molecular flexibility index (Phi) is 3.72. The van der Waals surface area contributed by atoms with Crippen molar-refractivity contribution in [3.05, 3.63) is 55.0 Å². The normalized spacial score (nSPS) is 11.7. The van der Waals surface area contributed by atoms with E-state index in [9.17, 15) is 0 Å². The fraction of sp³-hybridized carbons (Fsp3) is 0.0870. The zero-order chi connectivity index (χ0) is 20.2. The van der Waals surface area contributed by atoms with Crippen molar-refractivity contribution in [2.45, 2.75) is 13.6 Å². The van der Waals surface area contributed by atoms with E-state index in [1.54, 1.807) is 6.20 Å². The molecule has 0 unspecified atom stereocenters. The number of nitrogens with zero attached hydrogens (tertiary/aromatic N) is 3. The number of nitrogens with one attached hydrogen (secondary N) is 2. The Labute approximate surface area is 174 Å². The molecule has 6 rings (SSSR count). The van der Waals surface area contributed by atoms with Crippen molar-refractivity contribution in [1.29, 1.82) is 0 Å². The van der Waals surface area contributed by atoms with Gasteiger partial charge >= 0.3 is 0 Å². The van der Waals surface area contributed by atoms with E-state index < -0.39 is 0 Å². The number of pyridine rings is 2. The Balaban J connectivity index is 1.71. The summed E-state index contributed by atoms with van der Waals surface area (Å²) in [6.07, 6.45) is 5.65. The van der Waals surface area contributed by atoms with Gasteiger partial charge in [0.15, 0.2) is 7.28 Å². The van der Waals surface area contributed by atoms with Gasteiger partial charge in [0.25, 0.3) is 0 Å². The molecule has 0 aliphatic rings. The van der Waals surface area contributed by atoms with Crippen LogP contribution in [0.5, 0.6) is 0 Å². The molecule has 0 aliphatic carbocycles. The molecule has 4 heterocycles. The molecule has 0 spiro atoms. The van der Waals surface area contributed by atoms with Gasteiger partial charge in [-0.3, -0.25) is 9.97 Å². The topological polar surface area (TPSA) is 70.2 Å². The van der Waals surface area contributed by atoms with Gasteiger partial charge in [-0.2, -0.15) is 0 Å². The first-order valence-electron chi connectivity index (χ1n) is 10.0. The minimum Gasteiger partial charge on any atom is -0.361 e. The standard InChI is InChI=1S/C23H17B2N5/c1-24-12-9-15-16(11-28-18(15)17(10-12)25-2)23-29-21-13-5-3-7-26-19(13)20-14(22(21)30-23)6-4-8-27-20/h3-11,28H,1-2H3,(H,29,30). The van der Waals surface area contributed by atoms with Crippen LogP contribution in [0.15, 0.2) is 55.0 Å². The summed E-state index contributed by atoms with van der Waals surface area (Å²) < 4.78 is 0. The summed E-state index contributed by atoms with van der Waals surface area (Å²) in [6.45, 7) is 4.13. The molecule has 2 radical (unpaired) electrons. The first-order chi connectivity index (χ1) is 14.8. The predicted octanol–water partition coefficient (Wildman–Crippen LogP) is 3.56. The second kappa shape index (κ2) is 6.46. The lowest BCUT2D eigenvalue weighted by atomic mass is 9.66. The first kappa shape index (κ1) is 17.3. The van der Waals surface area contributed by atoms with Gasteiger partial charge in [-0.1, -0.05) is 36.7 Å². The van der Waals surface area contributed by atoms with Crippen LogP contribution in [0.25, 0.3) is 55.1 Å². The second-order valence-corrected chi connectivity index (χ2v) is 7.42. The molecule has 0 saturated carbocycles. The molecule has 0 saturated heterocycles. The number of imidazole rings is 1. The van der Waals surface area contributed by atoms with Crippen molar-refractivity contribution in [3.63, 3.8) is 0 Å². The highest BCUT2D eigenvalue weighted by Crippen LogP contribution is 2.34. The third kappa shape index (κ3) is 2.35. The molecule has 0 fully saturated rings. The minimum absolute atomic E-state index is 0.841. The number of aromatic amines is 2. The lowest BCUT2D eigenvalue weighted by Crippen LogP contribution is -2.21. The molecule has 5 nitrogen and oxygen atoms in total. The zero-order valence-corrected chi connectivity index (χ0v) is 16.7. The van der Waals surface area contributed by atoms with E-state index >= 15 is 0 Å². The highest BCUT2D eigenvalue weighted by molar-refractivity contribution is 6.59. The highest BCUT2D eigenvalue weighted by atomic mass is 14.9. The Morgan fingerprint density at radius 3 is 2.33 bits per heavy atom. The van der Waals surface area contributed by atoms with Crippen LogP contribution in [-0.2, 0) is 0 Å². The first-order valence-corrected chi connectivity index (χ1v) is 10.0. The van der Waals surface area contributed by atoms with E-state index in [-0.39, 0.29) is 0 Å². The van der Waals surface area contributed by atoms with Crippen molar-refractivity contribution < 1.29 is 0 Å². The third-order valence-corrected chi connectivity index (χ3v) is 5.81. The molecule has 0 bridgehead atoms. The van der Waals surface area contributed by atoms with Gasteiger partial charge in [-0.25, -0.2) is 4.98 Å². The number of aromatic nitrogens is 5. The molecule has 2 N–H and O–H groups in total. The predicted molar refractivity (Wildman–Crippen MR) is 126 cm³/mol. The van der Waals surface area contributed by atoms with Crippen molar-refractivity contribution in [1.82, 2.24) is 24.9 Å². The van der Waals surface area contributed by atoms with Gasteiger partial charge in [0, 0.05) is 45.8 Å². The maximum absolute atomic E-state index is 5.03. The van der Waals surface area contributed by atoms with E-state index in [2.05, 4.69) is 72.4 Å². The van der Waals surface area contributed by atoms with E-state index in [1.165, 1.54) is 10.9 Å². The Morgan fingerprint density at radius 2 is 1.57 bits per heavy atom. The van der Waals surface area contributed by atoms with Crippen molar-refractivity contribution in [3.8, 4) is 11.4 Å². The summed E-state index contributed by atoms with van der Waals surface area (Å²) in [5.74, 6) is 0.841. The number of H-pyrrole nitrogens is 2. The smallest absolute Gasteiger partial charge is 0.151 e. The summed E-state index contributed by atoms with van der Waals surface area (Å²) in [7, 11) is 4.26. The van der Waals surface area contributed by atoms with Crippen LogP contribution in [0, 0.1) is 0 Å². The largest absolute Gasteiger partial charge is 0.361 e. The summed E-state index contributed by atoms with van der Waals surface area (Å²) in [6, 6.07) is 12.4. The average molecular weight is 385 g/mol. The average Bonchev–Trinajstić information content (AvgIpc) is 3.43.